The van der Waals surface area contributed by atoms with E-state index in [0.717, 1.165) is 16.8 Å². The molecule has 0 aliphatic heterocycles. The fourth-order valence-corrected chi connectivity index (χ4v) is 2.64. The van der Waals surface area contributed by atoms with Crippen molar-refractivity contribution >= 4 is 15.9 Å². The Morgan fingerprint density at radius 2 is 2.36 bits per heavy atom. The topological polar surface area (TPSA) is 26.0 Å². The van der Waals surface area contributed by atoms with Crippen LogP contribution in [0, 0.1) is 5.92 Å². The molecule has 14 heavy (non-hydrogen) atoms. The van der Waals surface area contributed by atoms with Gasteiger partial charge in [-0.2, -0.15) is 0 Å². The summed E-state index contributed by atoms with van der Waals surface area (Å²) in [5.74, 6) is 0.737. The van der Waals surface area contributed by atoms with Gasteiger partial charge in [0.1, 0.15) is 0 Å². The molecule has 0 saturated heterocycles. The van der Waals surface area contributed by atoms with Crippen LogP contribution in [0.2, 0.25) is 0 Å². The van der Waals surface area contributed by atoms with Crippen LogP contribution in [-0.4, -0.2) is 5.54 Å². The molecule has 0 spiro atoms. The molecule has 2 N–H and O–H groups in total. The van der Waals surface area contributed by atoms with E-state index in [1.54, 1.807) is 0 Å². The van der Waals surface area contributed by atoms with Crippen molar-refractivity contribution in [3.8, 4) is 0 Å². The fourth-order valence-electron chi connectivity index (χ4n) is 2.19. The molecule has 1 aromatic carbocycles. The molecule has 2 heteroatoms. The second kappa shape index (κ2) is 3.67. The average molecular weight is 254 g/mol. The summed E-state index contributed by atoms with van der Waals surface area (Å²) in [5.41, 5.74) is 7.71. The van der Waals surface area contributed by atoms with Gasteiger partial charge in [-0.25, -0.2) is 0 Å². The van der Waals surface area contributed by atoms with Crippen LogP contribution in [0.4, 0.5) is 0 Å². The van der Waals surface area contributed by atoms with Gasteiger partial charge < -0.3 is 5.73 Å². The van der Waals surface area contributed by atoms with Gasteiger partial charge in [-0.05, 0) is 36.5 Å². The highest BCUT2D eigenvalue weighted by molar-refractivity contribution is 9.10. The molecule has 2 rings (SSSR count). The zero-order valence-electron chi connectivity index (χ0n) is 8.46. The largest absolute Gasteiger partial charge is 0.325 e. The van der Waals surface area contributed by atoms with E-state index < -0.39 is 0 Å². The summed E-state index contributed by atoms with van der Waals surface area (Å²) in [6.45, 7) is 2.22. The Kier molecular flexibility index (Phi) is 2.67. The minimum atomic E-state index is 0.0928. The Morgan fingerprint density at radius 1 is 1.57 bits per heavy atom. The van der Waals surface area contributed by atoms with Crippen LogP contribution < -0.4 is 5.73 Å². The maximum absolute atomic E-state index is 6.27. The lowest BCUT2D eigenvalue weighted by Gasteiger charge is -2.11. The number of rotatable bonds is 3. The maximum Gasteiger partial charge on any atom is 0.0227 e. The monoisotopic (exact) mass is 253 g/mol. The van der Waals surface area contributed by atoms with Gasteiger partial charge in [0.25, 0.3) is 0 Å². The standard InChI is InChI=1S/C12H16BrN/c1-2-10-8-12(10,14)7-9-4-3-5-11(13)6-9/h3-6,10H,2,7-8,14H2,1H3. The summed E-state index contributed by atoms with van der Waals surface area (Å²) >= 11 is 3.48. The van der Waals surface area contributed by atoms with E-state index in [9.17, 15) is 0 Å². The predicted octanol–water partition coefficient (Wildman–Crippen LogP) is 3.12. The second-order valence-electron chi connectivity index (χ2n) is 4.35. The first-order chi connectivity index (χ1) is 6.64. The molecule has 2 atom stereocenters. The first kappa shape index (κ1) is 10.2. The van der Waals surface area contributed by atoms with Crippen LogP contribution >= 0.6 is 15.9 Å². The lowest BCUT2D eigenvalue weighted by molar-refractivity contribution is 0.579. The number of benzene rings is 1. The van der Waals surface area contributed by atoms with Gasteiger partial charge in [0.2, 0.25) is 0 Å². The maximum atomic E-state index is 6.27. The number of nitrogens with two attached hydrogens (primary N) is 1. The Labute approximate surface area is 93.8 Å². The van der Waals surface area contributed by atoms with E-state index in [2.05, 4.69) is 47.1 Å². The quantitative estimate of drug-likeness (QED) is 0.881. The number of halogens is 1. The molecule has 0 bridgehead atoms. The first-order valence-corrected chi connectivity index (χ1v) is 5.96. The van der Waals surface area contributed by atoms with Crippen LogP contribution in [-0.2, 0) is 6.42 Å². The van der Waals surface area contributed by atoms with Gasteiger partial charge in [-0.15, -0.1) is 0 Å². The van der Waals surface area contributed by atoms with Gasteiger partial charge in [0.05, 0.1) is 0 Å². The molecule has 1 fully saturated rings. The van der Waals surface area contributed by atoms with Crippen molar-refractivity contribution in [3.05, 3.63) is 34.3 Å². The van der Waals surface area contributed by atoms with E-state index >= 15 is 0 Å². The van der Waals surface area contributed by atoms with Crippen molar-refractivity contribution in [1.29, 1.82) is 0 Å². The molecular formula is C12H16BrN. The van der Waals surface area contributed by atoms with Gasteiger partial charge >= 0.3 is 0 Å². The van der Waals surface area contributed by atoms with Crippen molar-refractivity contribution in [3.63, 3.8) is 0 Å². The lowest BCUT2D eigenvalue weighted by atomic mass is 10.0. The molecule has 1 aliphatic rings. The summed E-state index contributed by atoms with van der Waals surface area (Å²) in [6, 6.07) is 8.45. The Bertz CT molecular complexity index is 337. The average Bonchev–Trinajstić information content (AvgIpc) is 2.76. The van der Waals surface area contributed by atoms with Crippen LogP contribution in [0.1, 0.15) is 25.3 Å². The molecule has 0 heterocycles. The summed E-state index contributed by atoms with van der Waals surface area (Å²) < 4.78 is 1.15. The van der Waals surface area contributed by atoms with E-state index in [-0.39, 0.29) is 5.54 Å². The van der Waals surface area contributed by atoms with Gasteiger partial charge in [-0.3, -0.25) is 0 Å². The molecule has 2 unspecified atom stereocenters. The van der Waals surface area contributed by atoms with Gasteiger partial charge in [-0.1, -0.05) is 41.4 Å². The highest BCUT2D eigenvalue weighted by Gasteiger charge is 2.48. The summed E-state index contributed by atoms with van der Waals surface area (Å²) in [6.07, 6.45) is 3.42. The van der Waals surface area contributed by atoms with Crippen molar-refractivity contribution < 1.29 is 0 Å². The molecule has 0 aromatic heterocycles. The summed E-state index contributed by atoms with van der Waals surface area (Å²) in [4.78, 5) is 0. The van der Waals surface area contributed by atoms with E-state index in [4.69, 9.17) is 5.73 Å². The molecule has 1 saturated carbocycles. The third-order valence-electron chi connectivity index (χ3n) is 3.19. The molecule has 0 radical (unpaired) electrons. The van der Waals surface area contributed by atoms with Gasteiger partial charge in [0, 0.05) is 10.0 Å². The highest BCUT2D eigenvalue weighted by atomic mass is 79.9. The Balaban J connectivity index is 2.05. The van der Waals surface area contributed by atoms with Crippen LogP contribution in [0.3, 0.4) is 0 Å². The summed E-state index contributed by atoms with van der Waals surface area (Å²) in [5, 5.41) is 0. The van der Waals surface area contributed by atoms with Crippen LogP contribution in [0.5, 0.6) is 0 Å². The van der Waals surface area contributed by atoms with Crippen molar-refractivity contribution in [2.24, 2.45) is 11.7 Å². The zero-order valence-corrected chi connectivity index (χ0v) is 10.0. The van der Waals surface area contributed by atoms with E-state index in [1.165, 1.54) is 18.4 Å². The van der Waals surface area contributed by atoms with Crippen molar-refractivity contribution in [2.45, 2.75) is 31.7 Å². The predicted molar refractivity (Wildman–Crippen MR) is 63.2 cm³/mol. The van der Waals surface area contributed by atoms with Crippen molar-refractivity contribution in [2.75, 3.05) is 0 Å². The highest BCUT2D eigenvalue weighted by Crippen LogP contribution is 2.45. The number of hydrogen-bond donors (Lipinski definition) is 1. The van der Waals surface area contributed by atoms with Crippen molar-refractivity contribution in [1.82, 2.24) is 0 Å². The normalized spacial score (nSPS) is 30.4. The first-order valence-electron chi connectivity index (χ1n) is 5.17. The smallest absolute Gasteiger partial charge is 0.0227 e. The zero-order chi connectivity index (χ0) is 10.2. The number of hydrogen-bond acceptors (Lipinski definition) is 1. The van der Waals surface area contributed by atoms with E-state index in [1.807, 2.05) is 0 Å². The third kappa shape index (κ3) is 2.01. The minimum Gasteiger partial charge on any atom is -0.325 e. The third-order valence-corrected chi connectivity index (χ3v) is 3.69. The fraction of sp³-hybridized carbons (Fsp3) is 0.500. The van der Waals surface area contributed by atoms with Crippen LogP contribution in [0.15, 0.2) is 28.7 Å². The van der Waals surface area contributed by atoms with Gasteiger partial charge in [0.15, 0.2) is 0 Å². The molecule has 0 amide bonds. The molecule has 1 aliphatic carbocycles. The van der Waals surface area contributed by atoms with E-state index in [0.29, 0.717) is 0 Å². The minimum absolute atomic E-state index is 0.0928. The second-order valence-corrected chi connectivity index (χ2v) is 5.26. The SMILES string of the molecule is CCC1CC1(N)Cc1cccc(Br)c1. The molecule has 1 aromatic rings. The Hall–Kier alpha value is -0.340. The lowest BCUT2D eigenvalue weighted by Crippen LogP contribution is -2.27. The summed E-state index contributed by atoms with van der Waals surface area (Å²) in [7, 11) is 0. The molecular weight excluding hydrogens is 238 g/mol. The molecule has 1 nitrogen and oxygen atoms in total. The van der Waals surface area contributed by atoms with Crippen LogP contribution in [0.25, 0.3) is 0 Å². The Morgan fingerprint density at radius 3 is 2.93 bits per heavy atom. The molecule has 76 valence electrons.